The summed E-state index contributed by atoms with van der Waals surface area (Å²) in [6.45, 7) is 3.61. The van der Waals surface area contributed by atoms with E-state index >= 15 is 0 Å². The lowest BCUT2D eigenvalue weighted by molar-refractivity contribution is -0.306. The van der Waals surface area contributed by atoms with Gasteiger partial charge in [-0.3, -0.25) is 0 Å². The van der Waals surface area contributed by atoms with Crippen LogP contribution < -0.4 is 5.11 Å². The molecule has 0 rings (SSSR count). The van der Waals surface area contributed by atoms with Gasteiger partial charge in [0, 0.05) is 0 Å². The van der Waals surface area contributed by atoms with Crippen molar-refractivity contribution in [2.45, 2.75) is 20.3 Å². The Bertz CT molecular complexity index is 55.0. The lowest BCUT2D eigenvalue weighted by Crippen LogP contribution is -1.99. The van der Waals surface area contributed by atoms with Crippen LogP contribution in [-0.4, -0.2) is 0 Å². The third-order valence-corrected chi connectivity index (χ3v) is 0.670. The van der Waals surface area contributed by atoms with E-state index in [-0.39, 0.29) is 5.76 Å². The molecule has 0 radical (unpaired) electrons. The van der Waals surface area contributed by atoms with Gasteiger partial charge in [-0.1, -0.05) is 13.0 Å². The SMILES string of the molecule is C/C=C(/[O-])CC. The quantitative estimate of drug-likeness (QED) is 0.429. The topological polar surface area (TPSA) is 23.1 Å². The van der Waals surface area contributed by atoms with Crippen LogP contribution in [0, 0.1) is 0 Å². The molecule has 0 aliphatic carbocycles. The van der Waals surface area contributed by atoms with Crippen LogP contribution in [0.25, 0.3) is 0 Å². The molecule has 0 N–H and O–H groups in total. The van der Waals surface area contributed by atoms with Gasteiger partial charge in [0.25, 0.3) is 0 Å². The molecule has 1 heteroatoms. The summed E-state index contributed by atoms with van der Waals surface area (Å²) in [4.78, 5) is 0. The van der Waals surface area contributed by atoms with Crippen molar-refractivity contribution in [2.75, 3.05) is 0 Å². The molecule has 0 bridgehead atoms. The van der Waals surface area contributed by atoms with Gasteiger partial charge in [0.15, 0.2) is 0 Å². The fourth-order valence-corrected chi connectivity index (χ4v) is 0.204. The Balaban J connectivity index is 3.22. The second-order valence-corrected chi connectivity index (χ2v) is 1.11. The van der Waals surface area contributed by atoms with Crippen molar-refractivity contribution >= 4 is 0 Å². The summed E-state index contributed by atoms with van der Waals surface area (Å²) in [6.07, 6.45) is 2.22. The van der Waals surface area contributed by atoms with E-state index < -0.39 is 0 Å². The molecule has 0 aliphatic heterocycles. The largest absolute Gasteiger partial charge is 0.876 e. The van der Waals surface area contributed by atoms with Crippen molar-refractivity contribution in [1.29, 1.82) is 0 Å². The van der Waals surface area contributed by atoms with Crippen molar-refractivity contribution in [3.8, 4) is 0 Å². The maximum Gasteiger partial charge on any atom is -0.0456 e. The molecular formula is C5H9O-. The summed E-state index contributed by atoms with van der Waals surface area (Å²) in [6, 6.07) is 0. The highest BCUT2D eigenvalue weighted by atomic mass is 16.3. The van der Waals surface area contributed by atoms with E-state index in [1.54, 1.807) is 13.0 Å². The molecule has 0 unspecified atom stereocenters. The molecule has 0 amide bonds. The minimum absolute atomic E-state index is 0.218. The summed E-state index contributed by atoms with van der Waals surface area (Å²) in [5.74, 6) is 0.218. The van der Waals surface area contributed by atoms with Crippen molar-refractivity contribution < 1.29 is 5.11 Å². The predicted octanol–water partition coefficient (Wildman–Crippen LogP) is 0.660. The molecule has 6 heavy (non-hydrogen) atoms. The molecule has 36 valence electrons. The fraction of sp³-hybridized carbons (Fsp3) is 0.600. The second kappa shape index (κ2) is 2.76. The van der Waals surface area contributed by atoms with E-state index in [4.69, 9.17) is 0 Å². The van der Waals surface area contributed by atoms with Gasteiger partial charge in [-0.25, -0.2) is 0 Å². The molecule has 1 nitrogen and oxygen atoms in total. The third kappa shape index (κ3) is 1.82. The van der Waals surface area contributed by atoms with Crippen LogP contribution in [0.15, 0.2) is 11.8 Å². The second-order valence-electron chi connectivity index (χ2n) is 1.11. The smallest absolute Gasteiger partial charge is 0.0456 e. The Hall–Kier alpha value is -0.460. The average molecular weight is 85.1 g/mol. The standard InChI is InChI=1S/C5H10O/c1-3-5(6)4-2/h3,6H,4H2,1-2H3/p-1/b5-3+. The van der Waals surface area contributed by atoms with E-state index in [1.165, 1.54) is 0 Å². The maximum absolute atomic E-state index is 10.1. The van der Waals surface area contributed by atoms with Gasteiger partial charge in [0.05, 0.1) is 0 Å². The number of hydrogen-bond acceptors (Lipinski definition) is 1. The summed E-state index contributed by atoms with van der Waals surface area (Å²) < 4.78 is 0. The van der Waals surface area contributed by atoms with Gasteiger partial charge in [-0.05, 0) is 13.3 Å². The van der Waals surface area contributed by atoms with E-state index in [2.05, 4.69) is 0 Å². The fourth-order valence-electron chi connectivity index (χ4n) is 0.204. The van der Waals surface area contributed by atoms with Crippen molar-refractivity contribution in [3.63, 3.8) is 0 Å². The highest BCUT2D eigenvalue weighted by molar-refractivity contribution is 4.82. The summed E-state index contributed by atoms with van der Waals surface area (Å²) in [5.41, 5.74) is 0. The van der Waals surface area contributed by atoms with E-state index in [9.17, 15) is 5.11 Å². The number of allylic oxidation sites excluding steroid dienone is 2. The van der Waals surface area contributed by atoms with Crippen LogP contribution in [-0.2, 0) is 0 Å². The summed E-state index contributed by atoms with van der Waals surface area (Å²) in [5, 5.41) is 10.1. The van der Waals surface area contributed by atoms with E-state index in [1.807, 2.05) is 6.92 Å². The molecule has 0 aromatic carbocycles. The Labute approximate surface area is 38.3 Å². The monoisotopic (exact) mass is 85.1 g/mol. The molecule has 0 spiro atoms. The molecule has 0 fully saturated rings. The Morgan fingerprint density at radius 2 is 2.33 bits per heavy atom. The molecule has 0 heterocycles. The Morgan fingerprint density at radius 1 is 1.83 bits per heavy atom. The molecular weight excluding hydrogens is 76.1 g/mol. The average Bonchev–Trinajstić information content (AvgIpc) is 1.65. The molecule has 0 aromatic rings. The van der Waals surface area contributed by atoms with Gasteiger partial charge >= 0.3 is 0 Å². The minimum Gasteiger partial charge on any atom is -0.876 e. The maximum atomic E-state index is 10.1. The van der Waals surface area contributed by atoms with Crippen molar-refractivity contribution in [1.82, 2.24) is 0 Å². The molecule has 0 saturated heterocycles. The first-order chi connectivity index (χ1) is 2.81. The highest BCUT2D eigenvalue weighted by Gasteiger charge is 1.63. The van der Waals surface area contributed by atoms with Crippen LogP contribution in [0.1, 0.15) is 20.3 Å². The molecule has 0 atom stereocenters. The zero-order valence-corrected chi connectivity index (χ0v) is 4.19. The van der Waals surface area contributed by atoms with Crippen LogP contribution in [0.4, 0.5) is 0 Å². The molecule has 0 aliphatic rings. The summed E-state index contributed by atoms with van der Waals surface area (Å²) >= 11 is 0. The zero-order chi connectivity index (χ0) is 4.99. The van der Waals surface area contributed by atoms with Crippen LogP contribution in [0.5, 0.6) is 0 Å². The van der Waals surface area contributed by atoms with Gasteiger partial charge in [0.2, 0.25) is 0 Å². The van der Waals surface area contributed by atoms with E-state index in [0.717, 1.165) is 0 Å². The highest BCUT2D eigenvalue weighted by Crippen LogP contribution is 1.84. The zero-order valence-electron chi connectivity index (χ0n) is 4.19. The minimum atomic E-state index is 0.218. The van der Waals surface area contributed by atoms with Gasteiger partial charge in [0.1, 0.15) is 0 Å². The molecule has 0 saturated carbocycles. The van der Waals surface area contributed by atoms with Crippen molar-refractivity contribution in [3.05, 3.63) is 11.8 Å². The van der Waals surface area contributed by atoms with Crippen molar-refractivity contribution in [2.24, 2.45) is 0 Å². The third-order valence-electron chi connectivity index (χ3n) is 0.670. The Kier molecular flexibility index (Phi) is 2.55. The van der Waals surface area contributed by atoms with Crippen LogP contribution in [0.3, 0.4) is 0 Å². The number of rotatable bonds is 1. The van der Waals surface area contributed by atoms with Gasteiger partial charge < -0.3 is 5.11 Å². The van der Waals surface area contributed by atoms with Crippen LogP contribution in [0.2, 0.25) is 0 Å². The summed E-state index contributed by atoms with van der Waals surface area (Å²) in [7, 11) is 0. The first kappa shape index (κ1) is 5.54. The first-order valence-electron chi connectivity index (χ1n) is 2.13. The number of hydrogen-bond donors (Lipinski definition) is 0. The normalized spacial score (nSPS) is 12.0. The lowest BCUT2D eigenvalue weighted by atomic mass is 10.4. The first-order valence-corrected chi connectivity index (χ1v) is 2.13. The van der Waals surface area contributed by atoms with Crippen LogP contribution >= 0.6 is 0 Å². The van der Waals surface area contributed by atoms with E-state index in [0.29, 0.717) is 6.42 Å². The molecule has 0 aromatic heterocycles. The predicted molar refractivity (Wildman–Crippen MR) is 24.0 cm³/mol. The Morgan fingerprint density at radius 3 is 2.33 bits per heavy atom. The lowest BCUT2D eigenvalue weighted by Gasteiger charge is -2.03. The van der Waals surface area contributed by atoms with Gasteiger partial charge in [-0.15, -0.1) is 5.76 Å². The van der Waals surface area contributed by atoms with Gasteiger partial charge in [-0.2, -0.15) is 0 Å².